The van der Waals surface area contributed by atoms with Gasteiger partial charge in [0, 0.05) is 6.07 Å². The Hall–Kier alpha value is -2.81. The maximum absolute atomic E-state index is 11.9. The van der Waals surface area contributed by atoms with Gasteiger partial charge in [-0.05, 0) is 38.1 Å². The number of carbonyl (C=O) groups excluding carboxylic acids is 1. The molecule has 2 aromatic rings. The highest BCUT2D eigenvalue weighted by atomic mass is 16.5. The van der Waals surface area contributed by atoms with Gasteiger partial charge in [-0.25, -0.2) is 0 Å². The van der Waals surface area contributed by atoms with Gasteiger partial charge in [-0.1, -0.05) is 5.16 Å². The summed E-state index contributed by atoms with van der Waals surface area (Å²) in [6.07, 6.45) is -0.701. The average Bonchev–Trinajstić information content (AvgIpc) is 2.85. The van der Waals surface area contributed by atoms with E-state index >= 15 is 0 Å². The fourth-order valence-electron chi connectivity index (χ4n) is 1.51. The Bertz CT molecular complexity index is 640. The third-order valence-electron chi connectivity index (χ3n) is 2.54. The Balaban J connectivity index is 1.95. The van der Waals surface area contributed by atoms with Crippen LogP contribution in [-0.4, -0.2) is 17.2 Å². The van der Waals surface area contributed by atoms with E-state index in [9.17, 15) is 4.79 Å². The number of benzene rings is 1. The maximum atomic E-state index is 11.9. The summed E-state index contributed by atoms with van der Waals surface area (Å²) >= 11 is 0. The van der Waals surface area contributed by atoms with Crippen LogP contribution in [0, 0.1) is 18.3 Å². The Labute approximate surface area is 115 Å². The molecule has 6 nitrogen and oxygen atoms in total. The van der Waals surface area contributed by atoms with Crippen molar-refractivity contribution in [3.8, 4) is 11.8 Å². The quantitative estimate of drug-likeness (QED) is 0.921. The molecule has 0 spiro atoms. The fraction of sp³-hybridized carbons (Fsp3) is 0.214. The number of nitriles is 1. The number of hydrogen-bond acceptors (Lipinski definition) is 5. The van der Waals surface area contributed by atoms with Crippen LogP contribution >= 0.6 is 0 Å². The number of hydrogen-bond donors (Lipinski definition) is 1. The monoisotopic (exact) mass is 271 g/mol. The average molecular weight is 271 g/mol. The SMILES string of the molecule is Cc1cc(NC(=O)[C@@H](C)Oc2ccc(C#N)cc2)on1. The first-order chi connectivity index (χ1) is 9.58. The van der Waals surface area contributed by atoms with Gasteiger partial charge in [-0.15, -0.1) is 0 Å². The summed E-state index contributed by atoms with van der Waals surface area (Å²) in [6, 6.07) is 10.2. The third-order valence-corrected chi connectivity index (χ3v) is 2.54. The second-order valence-corrected chi connectivity index (χ2v) is 4.22. The van der Waals surface area contributed by atoms with E-state index in [0.29, 0.717) is 17.0 Å². The van der Waals surface area contributed by atoms with Gasteiger partial charge in [0.25, 0.3) is 5.91 Å². The van der Waals surface area contributed by atoms with Gasteiger partial charge < -0.3 is 9.26 Å². The van der Waals surface area contributed by atoms with Crippen molar-refractivity contribution in [3.63, 3.8) is 0 Å². The molecule has 1 aromatic heterocycles. The van der Waals surface area contributed by atoms with Crippen LogP contribution in [0.5, 0.6) is 5.75 Å². The standard InChI is InChI=1S/C14H13N3O3/c1-9-7-13(20-17-9)16-14(18)10(2)19-12-5-3-11(8-15)4-6-12/h3-7,10H,1-2H3,(H,16,18)/t10-/m1/s1. The molecule has 0 bridgehead atoms. The number of rotatable bonds is 4. The molecule has 1 heterocycles. The molecule has 20 heavy (non-hydrogen) atoms. The smallest absolute Gasteiger partial charge is 0.267 e. The van der Waals surface area contributed by atoms with Crippen LogP contribution in [0.4, 0.5) is 5.88 Å². The van der Waals surface area contributed by atoms with Gasteiger partial charge in [0.2, 0.25) is 5.88 Å². The molecular formula is C14H13N3O3. The van der Waals surface area contributed by atoms with E-state index in [0.717, 1.165) is 0 Å². The Morgan fingerprint density at radius 3 is 2.70 bits per heavy atom. The molecule has 6 heteroatoms. The highest BCUT2D eigenvalue weighted by molar-refractivity contribution is 5.92. The molecule has 0 aliphatic rings. The Morgan fingerprint density at radius 1 is 1.45 bits per heavy atom. The van der Waals surface area contributed by atoms with E-state index in [-0.39, 0.29) is 11.8 Å². The van der Waals surface area contributed by atoms with Crippen LogP contribution in [-0.2, 0) is 4.79 Å². The Morgan fingerprint density at radius 2 is 2.15 bits per heavy atom. The highest BCUT2D eigenvalue weighted by Crippen LogP contribution is 2.15. The van der Waals surface area contributed by atoms with Gasteiger partial charge >= 0.3 is 0 Å². The summed E-state index contributed by atoms with van der Waals surface area (Å²) in [5.74, 6) is 0.452. The second kappa shape index (κ2) is 5.89. The minimum Gasteiger partial charge on any atom is -0.481 e. The van der Waals surface area contributed by atoms with Crippen LogP contribution < -0.4 is 10.1 Å². The van der Waals surface area contributed by atoms with Gasteiger partial charge in [0.15, 0.2) is 6.10 Å². The van der Waals surface area contributed by atoms with Crippen molar-refractivity contribution in [2.75, 3.05) is 5.32 Å². The minimum atomic E-state index is -0.701. The van der Waals surface area contributed by atoms with Crippen molar-refractivity contribution in [3.05, 3.63) is 41.6 Å². The minimum absolute atomic E-state index is 0.280. The van der Waals surface area contributed by atoms with Crippen LogP contribution in [0.2, 0.25) is 0 Å². The zero-order valence-corrected chi connectivity index (χ0v) is 11.1. The van der Waals surface area contributed by atoms with Crippen molar-refractivity contribution in [2.24, 2.45) is 0 Å². The maximum Gasteiger partial charge on any atom is 0.267 e. The van der Waals surface area contributed by atoms with Gasteiger partial charge in [-0.3, -0.25) is 10.1 Å². The van der Waals surface area contributed by atoms with Crippen molar-refractivity contribution < 1.29 is 14.1 Å². The van der Waals surface area contributed by atoms with Crippen LogP contribution in [0.25, 0.3) is 0 Å². The first-order valence-electron chi connectivity index (χ1n) is 5.99. The van der Waals surface area contributed by atoms with Crippen molar-refractivity contribution >= 4 is 11.8 Å². The van der Waals surface area contributed by atoms with Gasteiger partial charge in [0.1, 0.15) is 5.75 Å². The summed E-state index contributed by atoms with van der Waals surface area (Å²) < 4.78 is 10.4. The first-order valence-corrected chi connectivity index (χ1v) is 5.99. The molecule has 1 aromatic carbocycles. The van der Waals surface area contributed by atoms with E-state index in [4.69, 9.17) is 14.5 Å². The first kappa shape index (κ1) is 13.6. The molecule has 0 saturated carbocycles. The molecule has 0 saturated heterocycles. The number of anilines is 1. The topological polar surface area (TPSA) is 88.1 Å². The molecule has 102 valence electrons. The molecule has 0 aliphatic carbocycles. The molecule has 2 rings (SSSR count). The van der Waals surface area contributed by atoms with E-state index in [1.165, 1.54) is 0 Å². The summed E-state index contributed by atoms with van der Waals surface area (Å²) in [5.41, 5.74) is 1.22. The van der Waals surface area contributed by atoms with E-state index in [1.807, 2.05) is 6.07 Å². The molecule has 0 aliphatic heterocycles. The Kier molecular flexibility index (Phi) is 4.01. The summed E-state index contributed by atoms with van der Waals surface area (Å²) in [6.45, 7) is 3.38. The molecule has 0 radical (unpaired) electrons. The van der Waals surface area contributed by atoms with E-state index < -0.39 is 6.10 Å². The number of amides is 1. The van der Waals surface area contributed by atoms with E-state index in [2.05, 4.69) is 10.5 Å². The zero-order chi connectivity index (χ0) is 14.5. The van der Waals surface area contributed by atoms with Crippen LogP contribution in [0.15, 0.2) is 34.9 Å². The normalized spacial score (nSPS) is 11.4. The van der Waals surface area contributed by atoms with Crippen molar-refractivity contribution in [2.45, 2.75) is 20.0 Å². The van der Waals surface area contributed by atoms with Gasteiger partial charge in [-0.2, -0.15) is 5.26 Å². The van der Waals surface area contributed by atoms with E-state index in [1.54, 1.807) is 44.2 Å². The number of carbonyl (C=O) groups is 1. The molecule has 0 unspecified atom stereocenters. The molecule has 1 atom stereocenters. The number of nitrogens with zero attached hydrogens (tertiary/aromatic N) is 2. The van der Waals surface area contributed by atoms with Crippen LogP contribution in [0.3, 0.4) is 0 Å². The number of nitrogens with one attached hydrogen (secondary N) is 1. The number of ether oxygens (including phenoxy) is 1. The molecule has 1 amide bonds. The third kappa shape index (κ3) is 3.36. The lowest BCUT2D eigenvalue weighted by atomic mass is 10.2. The van der Waals surface area contributed by atoms with Crippen molar-refractivity contribution in [1.29, 1.82) is 5.26 Å². The largest absolute Gasteiger partial charge is 0.481 e. The lowest BCUT2D eigenvalue weighted by molar-refractivity contribution is -0.122. The highest BCUT2D eigenvalue weighted by Gasteiger charge is 2.16. The lowest BCUT2D eigenvalue weighted by Crippen LogP contribution is -2.29. The summed E-state index contributed by atoms with van der Waals surface area (Å²) in [7, 11) is 0. The molecular weight excluding hydrogens is 258 g/mol. The lowest BCUT2D eigenvalue weighted by Gasteiger charge is -2.13. The summed E-state index contributed by atoms with van der Waals surface area (Å²) in [4.78, 5) is 11.9. The fourth-order valence-corrected chi connectivity index (χ4v) is 1.51. The van der Waals surface area contributed by atoms with Crippen molar-refractivity contribution in [1.82, 2.24) is 5.16 Å². The predicted molar refractivity (Wildman–Crippen MR) is 71.1 cm³/mol. The second-order valence-electron chi connectivity index (χ2n) is 4.22. The predicted octanol–water partition coefficient (Wildman–Crippen LogP) is 2.26. The summed E-state index contributed by atoms with van der Waals surface area (Å²) in [5, 5.41) is 14.9. The number of aryl methyl sites for hydroxylation is 1. The zero-order valence-electron chi connectivity index (χ0n) is 11.1. The number of aromatic nitrogens is 1. The molecule has 0 fully saturated rings. The van der Waals surface area contributed by atoms with Crippen LogP contribution in [0.1, 0.15) is 18.2 Å². The van der Waals surface area contributed by atoms with Gasteiger partial charge in [0.05, 0.1) is 17.3 Å². The molecule has 1 N–H and O–H groups in total.